The Labute approximate surface area is 112 Å². The number of anilines is 1. The van der Waals surface area contributed by atoms with E-state index in [4.69, 9.17) is 16.3 Å². The van der Waals surface area contributed by atoms with Crippen molar-refractivity contribution in [3.8, 4) is 5.75 Å². The number of fused-ring (bicyclic) bond motifs is 1. The summed E-state index contributed by atoms with van der Waals surface area (Å²) in [6.07, 6.45) is 0.0554. The Bertz CT molecular complexity index is 582. The van der Waals surface area contributed by atoms with Gasteiger partial charge in [-0.25, -0.2) is 0 Å². The second-order valence-electron chi connectivity index (χ2n) is 4.48. The number of hydrogen-bond donors (Lipinski definition) is 1. The summed E-state index contributed by atoms with van der Waals surface area (Å²) in [5.41, 5.74) is 3.44. The summed E-state index contributed by atoms with van der Waals surface area (Å²) < 4.78 is 6.03. The number of halogens is 1. The molecule has 1 atom stereocenters. The largest absolute Gasteiger partial charge is 0.482 e. The molecule has 0 bridgehead atoms. The molecule has 1 aliphatic rings. The topological polar surface area (TPSA) is 21.3 Å². The van der Waals surface area contributed by atoms with E-state index in [1.54, 1.807) is 0 Å². The minimum atomic E-state index is 0.0554. The smallest absolute Gasteiger partial charge is 0.143 e. The summed E-state index contributed by atoms with van der Waals surface area (Å²) in [6.45, 7) is 2.87. The Hall–Kier alpha value is -1.67. The maximum Gasteiger partial charge on any atom is 0.143 e. The van der Waals surface area contributed by atoms with Gasteiger partial charge in [-0.2, -0.15) is 0 Å². The molecule has 1 heterocycles. The number of ether oxygens (including phenoxy) is 1. The van der Waals surface area contributed by atoms with Crippen LogP contribution in [0.15, 0.2) is 42.5 Å². The molecule has 0 amide bonds. The van der Waals surface area contributed by atoms with Gasteiger partial charge >= 0.3 is 0 Å². The molecule has 1 unspecified atom stereocenters. The van der Waals surface area contributed by atoms with Crippen molar-refractivity contribution in [2.75, 3.05) is 11.9 Å². The molecule has 2 aromatic carbocycles. The Morgan fingerprint density at radius 2 is 2.06 bits per heavy atom. The molecule has 1 N–H and O–H groups in total. The van der Waals surface area contributed by atoms with E-state index in [-0.39, 0.29) is 6.10 Å². The summed E-state index contributed by atoms with van der Waals surface area (Å²) >= 11 is 5.96. The van der Waals surface area contributed by atoms with Crippen LogP contribution < -0.4 is 10.1 Å². The lowest BCUT2D eigenvalue weighted by Gasteiger charge is -2.28. The van der Waals surface area contributed by atoms with Crippen LogP contribution in [0.2, 0.25) is 5.02 Å². The highest BCUT2D eigenvalue weighted by Gasteiger charge is 2.21. The zero-order valence-corrected chi connectivity index (χ0v) is 10.9. The monoisotopic (exact) mass is 259 g/mol. The van der Waals surface area contributed by atoms with Gasteiger partial charge in [-0.15, -0.1) is 0 Å². The second-order valence-corrected chi connectivity index (χ2v) is 4.92. The van der Waals surface area contributed by atoms with Gasteiger partial charge in [0.05, 0.1) is 12.2 Å². The molecule has 2 aromatic rings. The highest BCUT2D eigenvalue weighted by atomic mass is 35.5. The maximum absolute atomic E-state index is 6.03. The number of nitrogens with one attached hydrogen (secondary N) is 1. The molecule has 3 rings (SSSR count). The first-order valence-corrected chi connectivity index (χ1v) is 6.37. The molecular weight excluding hydrogens is 246 g/mol. The van der Waals surface area contributed by atoms with Crippen molar-refractivity contribution in [1.82, 2.24) is 0 Å². The van der Waals surface area contributed by atoms with Gasteiger partial charge < -0.3 is 10.1 Å². The van der Waals surface area contributed by atoms with Crippen LogP contribution in [-0.4, -0.2) is 6.54 Å². The third-order valence-electron chi connectivity index (χ3n) is 3.22. The summed E-state index contributed by atoms with van der Waals surface area (Å²) in [4.78, 5) is 0. The van der Waals surface area contributed by atoms with Crippen LogP contribution in [0.4, 0.5) is 5.69 Å². The zero-order chi connectivity index (χ0) is 12.5. The highest BCUT2D eigenvalue weighted by Crippen LogP contribution is 2.36. The van der Waals surface area contributed by atoms with Crippen LogP contribution in [0.25, 0.3) is 0 Å². The first kappa shape index (κ1) is 11.4. The SMILES string of the molecule is Cc1ccccc1C1CNc2cc(Cl)ccc2O1. The van der Waals surface area contributed by atoms with Gasteiger partial charge in [-0.3, -0.25) is 0 Å². The fraction of sp³-hybridized carbons (Fsp3) is 0.200. The van der Waals surface area contributed by atoms with Crippen molar-refractivity contribution in [2.24, 2.45) is 0 Å². The van der Waals surface area contributed by atoms with Crippen molar-refractivity contribution >= 4 is 17.3 Å². The number of aryl methyl sites for hydroxylation is 1. The van der Waals surface area contributed by atoms with Crippen LogP contribution in [0.3, 0.4) is 0 Å². The van der Waals surface area contributed by atoms with Crippen molar-refractivity contribution in [3.63, 3.8) is 0 Å². The lowest BCUT2D eigenvalue weighted by Crippen LogP contribution is -2.24. The number of hydrogen-bond acceptors (Lipinski definition) is 2. The molecule has 0 aromatic heterocycles. The van der Waals surface area contributed by atoms with Crippen molar-refractivity contribution in [3.05, 3.63) is 58.6 Å². The second kappa shape index (κ2) is 4.54. The molecular formula is C15H14ClNO. The molecule has 0 saturated heterocycles. The van der Waals surface area contributed by atoms with Crippen molar-refractivity contribution in [1.29, 1.82) is 0 Å². The van der Waals surface area contributed by atoms with Crippen LogP contribution >= 0.6 is 11.6 Å². The molecule has 0 aliphatic carbocycles. The summed E-state index contributed by atoms with van der Waals surface area (Å²) in [5.74, 6) is 0.860. The normalized spacial score (nSPS) is 17.6. The molecule has 1 aliphatic heterocycles. The predicted octanol–water partition coefficient (Wildman–Crippen LogP) is 4.19. The van der Waals surface area contributed by atoms with Gasteiger partial charge in [-0.1, -0.05) is 35.9 Å². The van der Waals surface area contributed by atoms with E-state index in [2.05, 4.69) is 24.4 Å². The predicted molar refractivity (Wildman–Crippen MR) is 74.5 cm³/mol. The maximum atomic E-state index is 6.03. The molecule has 3 heteroatoms. The molecule has 2 nitrogen and oxygen atoms in total. The van der Waals surface area contributed by atoms with E-state index in [1.807, 2.05) is 30.3 Å². The van der Waals surface area contributed by atoms with E-state index < -0.39 is 0 Å². The quantitative estimate of drug-likeness (QED) is 0.829. The van der Waals surface area contributed by atoms with Gasteiger partial charge in [0.25, 0.3) is 0 Å². The van der Waals surface area contributed by atoms with E-state index >= 15 is 0 Å². The molecule has 0 radical (unpaired) electrons. The fourth-order valence-corrected chi connectivity index (χ4v) is 2.43. The van der Waals surface area contributed by atoms with Gasteiger partial charge in [0.15, 0.2) is 0 Å². The lowest BCUT2D eigenvalue weighted by molar-refractivity contribution is 0.210. The Kier molecular flexibility index (Phi) is 2.88. The van der Waals surface area contributed by atoms with Gasteiger partial charge in [0, 0.05) is 5.02 Å². The minimum absolute atomic E-state index is 0.0554. The van der Waals surface area contributed by atoms with Crippen LogP contribution in [0.5, 0.6) is 5.75 Å². The summed E-state index contributed by atoms with van der Waals surface area (Å²) in [6, 6.07) is 14.0. The molecule has 0 saturated carbocycles. The third kappa shape index (κ3) is 2.04. The van der Waals surface area contributed by atoms with Crippen LogP contribution in [0, 0.1) is 6.92 Å². The first-order valence-electron chi connectivity index (χ1n) is 5.99. The molecule has 0 fully saturated rings. The molecule has 92 valence electrons. The Balaban J connectivity index is 1.92. The van der Waals surface area contributed by atoms with Crippen LogP contribution in [-0.2, 0) is 0 Å². The molecule has 18 heavy (non-hydrogen) atoms. The van der Waals surface area contributed by atoms with Crippen molar-refractivity contribution in [2.45, 2.75) is 13.0 Å². The minimum Gasteiger partial charge on any atom is -0.482 e. The van der Waals surface area contributed by atoms with E-state index in [9.17, 15) is 0 Å². The van der Waals surface area contributed by atoms with Gasteiger partial charge in [0.1, 0.15) is 11.9 Å². The molecule has 0 spiro atoms. The van der Waals surface area contributed by atoms with Gasteiger partial charge in [0.2, 0.25) is 0 Å². The standard InChI is InChI=1S/C15H14ClNO/c1-10-4-2-3-5-12(10)15-9-17-13-8-11(16)6-7-14(13)18-15/h2-8,15,17H,9H2,1H3. The average molecular weight is 260 g/mol. The van der Waals surface area contributed by atoms with Crippen LogP contribution in [0.1, 0.15) is 17.2 Å². The first-order chi connectivity index (χ1) is 8.74. The van der Waals surface area contributed by atoms with E-state index in [0.29, 0.717) is 0 Å². The Morgan fingerprint density at radius 3 is 2.89 bits per heavy atom. The third-order valence-corrected chi connectivity index (χ3v) is 3.46. The lowest BCUT2D eigenvalue weighted by atomic mass is 10.0. The Morgan fingerprint density at radius 1 is 1.22 bits per heavy atom. The zero-order valence-electron chi connectivity index (χ0n) is 10.1. The fourth-order valence-electron chi connectivity index (χ4n) is 2.26. The number of rotatable bonds is 1. The van der Waals surface area contributed by atoms with E-state index in [1.165, 1.54) is 11.1 Å². The average Bonchev–Trinajstić information content (AvgIpc) is 2.39. The highest BCUT2D eigenvalue weighted by molar-refractivity contribution is 6.30. The van der Waals surface area contributed by atoms with Gasteiger partial charge in [-0.05, 0) is 36.2 Å². The number of benzene rings is 2. The summed E-state index contributed by atoms with van der Waals surface area (Å²) in [7, 11) is 0. The van der Waals surface area contributed by atoms with E-state index in [0.717, 1.165) is 23.0 Å². The van der Waals surface area contributed by atoms with Crippen molar-refractivity contribution < 1.29 is 4.74 Å². The summed E-state index contributed by atoms with van der Waals surface area (Å²) in [5, 5.41) is 4.09.